The van der Waals surface area contributed by atoms with Gasteiger partial charge in [-0.1, -0.05) is 0 Å². The van der Waals surface area contributed by atoms with Gasteiger partial charge in [0.1, 0.15) is 17.6 Å². The molecule has 0 bridgehead atoms. The molecule has 166 valence electrons. The number of carbonyl (C=O) groups is 1. The molecule has 0 aliphatic carbocycles. The quantitative estimate of drug-likeness (QED) is 0.738. The van der Waals surface area contributed by atoms with Gasteiger partial charge in [-0.15, -0.1) is 0 Å². The molecule has 0 fully saturated rings. The van der Waals surface area contributed by atoms with Gasteiger partial charge in [-0.2, -0.15) is 24.4 Å². The van der Waals surface area contributed by atoms with Gasteiger partial charge in [-0.25, -0.2) is 9.18 Å². The zero-order valence-corrected chi connectivity index (χ0v) is 16.9. The number of aliphatic hydroxyl groups is 1. The molecule has 0 radical (unpaired) electrons. The summed E-state index contributed by atoms with van der Waals surface area (Å²) in [6.07, 6.45) is -0.935. The van der Waals surface area contributed by atoms with Gasteiger partial charge in [-0.3, -0.25) is 4.68 Å². The van der Waals surface area contributed by atoms with Crippen LogP contribution in [-0.2, 0) is 25.4 Å². The third-order valence-corrected chi connectivity index (χ3v) is 5.83. The lowest BCUT2D eigenvalue weighted by molar-refractivity contribution is -0.0394. The second kappa shape index (κ2) is 7.84. The highest BCUT2D eigenvalue weighted by molar-refractivity contribution is 5.89. The molecule has 2 aromatic rings. The van der Waals surface area contributed by atoms with Crippen molar-refractivity contribution < 1.29 is 23.1 Å². The van der Waals surface area contributed by atoms with E-state index < -0.39 is 29.8 Å². The maximum absolute atomic E-state index is 15.0. The van der Waals surface area contributed by atoms with Crippen LogP contribution in [0.4, 0.5) is 23.7 Å². The first-order valence-electron chi connectivity index (χ1n) is 9.97. The average Bonchev–Trinajstić information content (AvgIpc) is 3.07. The average molecular weight is 444 g/mol. The highest BCUT2D eigenvalue weighted by Gasteiger charge is 2.47. The predicted octanol–water partition coefficient (Wildman–Crippen LogP) is 3.01. The van der Waals surface area contributed by atoms with Crippen molar-refractivity contribution in [2.45, 2.75) is 50.3 Å². The number of amides is 2. The number of hydrogen-bond acceptors (Lipinski definition) is 5. The molecule has 1 atom stereocenters. The number of nitriles is 2. The van der Waals surface area contributed by atoms with Crippen LogP contribution in [0.1, 0.15) is 41.8 Å². The first-order chi connectivity index (χ1) is 15.2. The lowest BCUT2D eigenvalue weighted by atomic mass is 9.93. The van der Waals surface area contributed by atoms with Gasteiger partial charge >= 0.3 is 6.03 Å². The fraction of sp³-hybridized carbons (Fsp3) is 0.429. The summed E-state index contributed by atoms with van der Waals surface area (Å²) in [5.74, 6) is -3.99. The summed E-state index contributed by atoms with van der Waals surface area (Å²) in [6, 6.07) is 6.51. The smallest absolute Gasteiger partial charge is 0.322 e. The van der Waals surface area contributed by atoms with Crippen molar-refractivity contribution in [2.24, 2.45) is 0 Å². The van der Waals surface area contributed by atoms with E-state index in [-0.39, 0.29) is 61.4 Å². The molecule has 11 heteroatoms. The van der Waals surface area contributed by atoms with Gasteiger partial charge in [0.25, 0.3) is 5.92 Å². The topological polar surface area (TPSA) is 118 Å². The summed E-state index contributed by atoms with van der Waals surface area (Å²) in [4.78, 5) is 14.1. The maximum atomic E-state index is 15.0. The Balaban J connectivity index is 1.59. The number of halogens is 3. The summed E-state index contributed by atoms with van der Waals surface area (Å²) in [7, 11) is 0. The van der Waals surface area contributed by atoms with E-state index in [1.165, 1.54) is 17.0 Å². The fourth-order valence-electron chi connectivity index (χ4n) is 4.17. The van der Waals surface area contributed by atoms with Crippen LogP contribution in [0.25, 0.3) is 0 Å². The van der Waals surface area contributed by atoms with Crippen LogP contribution in [0.3, 0.4) is 0 Å². The molecular weight excluding hydrogens is 425 g/mol. The Hall–Kier alpha value is -3.57. The Kier molecular flexibility index (Phi) is 5.31. The Morgan fingerprint density at radius 2 is 2.09 bits per heavy atom. The molecule has 32 heavy (non-hydrogen) atoms. The van der Waals surface area contributed by atoms with Gasteiger partial charge in [0.2, 0.25) is 0 Å². The molecule has 2 aliphatic heterocycles. The monoisotopic (exact) mass is 444 g/mol. The second-order valence-corrected chi connectivity index (χ2v) is 8.10. The first-order valence-corrected chi connectivity index (χ1v) is 9.97. The SMILES string of the molecule is N#CC[C@]1(O)CCC(F)(F)c2c3c(nn2C1)CCN(C(=O)Nc1ccc(F)c(C#N)c1)C3. The van der Waals surface area contributed by atoms with Crippen molar-refractivity contribution in [3.63, 3.8) is 0 Å². The second-order valence-electron chi connectivity index (χ2n) is 8.10. The molecule has 0 saturated heterocycles. The molecular formula is C21H19F3N6O2. The number of rotatable bonds is 2. The zero-order chi connectivity index (χ0) is 23.1. The lowest BCUT2D eigenvalue weighted by Gasteiger charge is -2.28. The van der Waals surface area contributed by atoms with E-state index in [1.807, 2.05) is 6.07 Å². The van der Waals surface area contributed by atoms with E-state index in [4.69, 9.17) is 10.5 Å². The molecule has 1 aromatic heterocycles. The van der Waals surface area contributed by atoms with Crippen LogP contribution < -0.4 is 5.32 Å². The molecule has 2 N–H and O–H groups in total. The maximum Gasteiger partial charge on any atom is 0.322 e. The minimum Gasteiger partial charge on any atom is -0.387 e. The van der Waals surface area contributed by atoms with Crippen LogP contribution in [0.15, 0.2) is 18.2 Å². The molecule has 1 aromatic carbocycles. The number of anilines is 1. The van der Waals surface area contributed by atoms with Gasteiger partial charge in [-0.05, 0) is 24.6 Å². The molecule has 4 rings (SSSR count). The van der Waals surface area contributed by atoms with E-state index >= 15 is 8.78 Å². The minimum atomic E-state index is -3.28. The van der Waals surface area contributed by atoms with Gasteiger partial charge < -0.3 is 15.3 Å². The highest BCUT2D eigenvalue weighted by atomic mass is 19.3. The van der Waals surface area contributed by atoms with Gasteiger partial charge in [0, 0.05) is 30.6 Å². The number of carbonyl (C=O) groups excluding carboxylic acids is 1. The number of nitrogens with one attached hydrogen (secondary N) is 1. The molecule has 0 saturated carbocycles. The fourth-order valence-corrected chi connectivity index (χ4v) is 4.17. The van der Waals surface area contributed by atoms with E-state index in [0.717, 1.165) is 10.7 Å². The largest absolute Gasteiger partial charge is 0.387 e. The van der Waals surface area contributed by atoms with E-state index in [1.54, 1.807) is 6.07 Å². The van der Waals surface area contributed by atoms with Crippen LogP contribution >= 0.6 is 0 Å². The van der Waals surface area contributed by atoms with Crippen molar-refractivity contribution in [3.8, 4) is 12.1 Å². The van der Waals surface area contributed by atoms with Crippen LogP contribution in [0.2, 0.25) is 0 Å². The summed E-state index contributed by atoms with van der Waals surface area (Å²) in [6.45, 7) is -0.123. The predicted molar refractivity (Wildman–Crippen MR) is 105 cm³/mol. The van der Waals surface area contributed by atoms with E-state index in [9.17, 15) is 14.3 Å². The first kappa shape index (κ1) is 21.7. The van der Waals surface area contributed by atoms with Crippen molar-refractivity contribution in [3.05, 3.63) is 46.5 Å². The Morgan fingerprint density at radius 3 is 2.81 bits per heavy atom. The van der Waals surface area contributed by atoms with E-state index in [0.29, 0.717) is 5.69 Å². The number of urea groups is 1. The van der Waals surface area contributed by atoms with Gasteiger partial charge in [0.05, 0.1) is 42.4 Å². The Morgan fingerprint density at radius 1 is 1.31 bits per heavy atom. The molecule has 8 nitrogen and oxygen atoms in total. The summed E-state index contributed by atoms with van der Waals surface area (Å²) >= 11 is 0. The van der Waals surface area contributed by atoms with Crippen LogP contribution in [0, 0.1) is 28.5 Å². The molecule has 0 unspecified atom stereocenters. The third-order valence-electron chi connectivity index (χ3n) is 5.83. The normalized spacial score (nSPS) is 21.5. The Bertz CT molecular complexity index is 1170. The minimum absolute atomic E-state index is 0.116. The number of nitrogens with zero attached hydrogens (tertiary/aromatic N) is 5. The van der Waals surface area contributed by atoms with Crippen molar-refractivity contribution in [1.29, 1.82) is 10.5 Å². The molecule has 3 heterocycles. The zero-order valence-electron chi connectivity index (χ0n) is 16.9. The number of aromatic nitrogens is 2. The number of alkyl halides is 2. The highest BCUT2D eigenvalue weighted by Crippen LogP contribution is 2.43. The van der Waals surface area contributed by atoms with Crippen molar-refractivity contribution in [1.82, 2.24) is 14.7 Å². The third kappa shape index (κ3) is 3.87. The number of fused-ring (bicyclic) bond motifs is 3. The number of hydrogen-bond donors (Lipinski definition) is 2. The summed E-state index contributed by atoms with van der Waals surface area (Å²) in [5, 5.41) is 35.3. The Labute approximate surface area is 181 Å². The van der Waals surface area contributed by atoms with Crippen molar-refractivity contribution >= 4 is 11.7 Å². The summed E-state index contributed by atoms with van der Waals surface area (Å²) < 4.78 is 44.6. The molecule has 0 spiro atoms. The number of benzene rings is 1. The molecule has 2 aliphatic rings. The van der Waals surface area contributed by atoms with Gasteiger partial charge in [0.15, 0.2) is 0 Å². The van der Waals surface area contributed by atoms with Crippen LogP contribution in [-0.4, -0.2) is 38.0 Å². The molecule has 2 amide bonds. The van der Waals surface area contributed by atoms with Crippen molar-refractivity contribution in [2.75, 3.05) is 11.9 Å². The standard InChI is InChI=1S/C21H19F3N6O2/c22-16-2-1-14(9-13(16)10-26)27-19(31)29-8-3-17-15(11-29)18-21(23,24)5-4-20(32,6-7-25)12-30(18)28-17/h1-2,9,32H,3-6,8,11-12H2,(H,27,31)/t20-/m1/s1. The van der Waals surface area contributed by atoms with Crippen LogP contribution in [0.5, 0.6) is 0 Å². The van der Waals surface area contributed by atoms with E-state index in [2.05, 4.69) is 10.4 Å². The summed E-state index contributed by atoms with van der Waals surface area (Å²) in [5.41, 5.74) is -1.30. The lowest BCUT2D eigenvalue weighted by Crippen LogP contribution is -2.39.